The summed E-state index contributed by atoms with van der Waals surface area (Å²) in [6.07, 6.45) is 8.72. The quantitative estimate of drug-likeness (QED) is 0.483. The lowest BCUT2D eigenvalue weighted by Crippen LogP contribution is -2.32. The van der Waals surface area contributed by atoms with Gasteiger partial charge in [0.1, 0.15) is 17.3 Å². The van der Waals surface area contributed by atoms with E-state index in [1.54, 1.807) is 12.2 Å². The fourth-order valence-electron chi connectivity index (χ4n) is 3.47. The van der Waals surface area contributed by atoms with Crippen molar-refractivity contribution in [1.82, 2.24) is 9.97 Å². The van der Waals surface area contributed by atoms with Gasteiger partial charge >= 0.3 is 0 Å². The number of aromatic nitrogens is 2. The highest BCUT2D eigenvalue weighted by atomic mass is 35.5. The van der Waals surface area contributed by atoms with Crippen LogP contribution in [-0.4, -0.2) is 26.8 Å². The number of hydrogen-bond acceptors (Lipinski definition) is 5. The van der Waals surface area contributed by atoms with Gasteiger partial charge in [0.25, 0.3) is 0 Å². The first-order chi connectivity index (χ1) is 11.0. The third kappa shape index (κ3) is 1.93. The van der Waals surface area contributed by atoms with Crippen molar-refractivity contribution in [1.29, 1.82) is 0 Å². The molecule has 1 aromatic heterocycles. The molecule has 3 aliphatic rings. The van der Waals surface area contributed by atoms with Crippen molar-refractivity contribution in [2.75, 3.05) is 5.32 Å². The number of anilines is 1. The molecule has 2 aliphatic carbocycles. The molecule has 1 amide bonds. The fraction of sp³-hybridized carbons (Fsp3) is 0.267. The normalized spacial score (nSPS) is 21.3. The molecule has 0 fully saturated rings. The van der Waals surface area contributed by atoms with Crippen LogP contribution in [0.25, 0.3) is 0 Å². The van der Waals surface area contributed by atoms with Crippen LogP contribution >= 0.6 is 11.6 Å². The summed E-state index contributed by atoms with van der Waals surface area (Å²) >= 11 is 6.21. The smallest absolute Gasteiger partial charge is 0.250 e. The van der Waals surface area contributed by atoms with Gasteiger partial charge in [0, 0.05) is 10.5 Å². The molecule has 0 atom stereocenters. The van der Waals surface area contributed by atoms with E-state index in [9.17, 15) is 14.9 Å². The minimum atomic E-state index is -0.840. The van der Waals surface area contributed by atoms with Gasteiger partial charge in [-0.3, -0.25) is 14.9 Å². The Morgan fingerprint density at radius 1 is 1.26 bits per heavy atom. The van der Waals surface area contributed by atoms with Crippen LogP contribution in [0.4, 0.5) is 5.82 Å². The van der Waals surface area contributed by atoms with E-state index in [0.717, 1.165) is 11.1 Å². The van der Waals surface area contributed by atoms with Crippen molar-refractivity contribution in [3.8, 4) is 0 Å². The molecule has 0 saturated carbocycles. The average Bonchev–Trinajstić information content (AvgIpc) is 2.91. The predicted molar refractivity (Wildman–Crippen MR) is 82.7 cm³/mol. The largest absolute Gasteiger partial charge is 0.309 e. The maximum absolute atomic E-state index is 12.6. The van der Waals surface area contributed by atoms with Crippen LogP contribution in [-0.2, 0) is 10.2 Å². The Hall–Kier alpha value is -2.54. The highest BCUT2D eigenvalue weighted by Crippen LogP contribution is 2.52. The summed E-state index contributed by atoms with van der Waals surface area (Å²) in [4.78, 5) is 31.2. The number of fused-ring (bicyclic) bond motifs is 2. The summed E-state index contributed by atoms with van der Waals surface area (Å²) in [6.45, 7) is 0. The Bertz CT molecular complexity index is 817. The molecule has 7 nitrogen and oxygen atoms in total. The van der Waals surface area contributed by atoms with E-state index in [-0.39, 0.29) is 16.0 Å². The lowest BCUT2D eigenvalue weighted by molar-refractivity contribution is -0.496. The lowest BCUT2D eigenvalue weighted by Gasteiger charge is -2.21. The molecule has 0 bridgehead atoms. The van der Waals surface area contributed by atoms with Crippen LogP contribution in [0, 0.1) is 10.1 Å². The van der Waals surface area contributed by atoms with Crippen molar-refractivity contribution in [2.45, 2.75) is 24.3 Å². The number of carbonyl (C=O) groups excluding carboxylic acids is 1. The van der Waals surface area contributed by atoms with E-state index in [1.165, 1.54) is 18.5 Å². The molecule has 0 radical (unpaired) electrons. The summed E-state index contributed by atoms with van der Waals surface area (Å²) < 4.78 is 0. The predicted octanol–water partition coefficient (Wildman–Crippen LogP) is 2.18. The molecule has 116 valence electrons. The Kier molecular flexibility index (Phi) is 2.89. The molecule has 0 saturated heterocycles. The number of nitro groups is 1. The molecular formula is C15H11ClN4O3. The van der Waals surface area contributed by atoms with Gasteiger partial charge in [0.15, 0.2) is 0 Å². The molecule has 0 unspecified atom stereocenters. The van der Waals surface area contributed by atoms with Gasteiger partial charge in [-0.05, 0) is 36.1 Å². The third-order valence-corrected chi connectivity index (χ3v) is 4.86. The van der Waals surface area contributed by atoms with Crippen molar-refractivity contribution < 1.29 is 9.72 Å². The van der Waals surface area contributed by atoms with Crippen LogP contribution in [0.3, 0.4) is 0 Å². The second-order valence-corrected chi connectivity index (χ2v) is 6.18. The number of nitrogens with zero attached hydrogens (tertiary/aromatic N) is 3. The van der Waals surface area contributed by atoms with E-state index < -0.39 is 11.5 Å². The Morgan fingerprint density at radius 2 is 1.91 bits per heavy atom. The number of halogens is 1. The third-order valence-electron chi connectivity index (χ3n) is 4.58. The van der Waals surface area contributed by atoms with E-state index in [1.807, 2.05) is 0 Å². The summed E-state index contributed by atoms with van der Waals surface area (Å²) in [5, 5.41) is 14.0. The highest BCUT2D eigenvalue weighted by Gasteiger charge is 2.53. The molecule has 1 aromatic rings. The standard InChI is InChI=1S/C15H11ClN4O3/c16-12-11-13(18-7-17-12)19-14(21)15(11)5-8-1-3-10(20(22)23)4-2-9(8)6-15/h1-4,7,10H,5-6H2,(H,17,18,19,21). The maximum atomic E-state index is 12.6. The first-order valence-corrected chi connectivity index (χ1v) is 7.43. The van der Waals surface area contributed by atoms with E-state index >= 15 is 0 Å². The average molecular weight is 331 g/mol. The first-order valence-electron chi connectivity index (χ1n) is 7.05. The topological polar surface area (TPSA) is 98.0 Å². The van der Waals surface area contributed by atoms with Gasteiger partial charge in [0.2, 0.25) is 11.9 Å². The van der Waals surface area contributed by atoms with E-state index in [2.05, 4.69) is 15.3 Å². The number of carbonyl (C=O) groups is 1. The van der Waals surface area contributed by atoms with Gasteiger partial charge in [-0.15, -0.1) is 0 Å². The molecule has 0 aromatic carbocycles. The minimum Gasteiger partial charge on any atom is -0.309 e. The molecule has 4 rings (SSSR count). The molecule has 23 heavy (non-hydrogen) atoms. The maximum Gasteiger partial charge on any atom is 0.250 e. The van der Waals surface area contributed by atoms with Crippen molar-refractivity contribution in [3.63, 3.8) is 0 Å². The van der Waals surface area contributed by atoms with Crippen LogP contribution in [0.2, 0.25) is 5.15 Å². The zero-order chi connectivity index (χ0) is 16.2. The number of allylic oxidation sites excluding steroid dienone is 4. The van der Waals surface area contributed by atoms with Crippen molar-refractivity contribution >= 4 is 23.3 Å². The number of hydrogen-bond donors (Lipinski definition) is 1. The second kappa shape index (κ2) is 4.73. The Balaban J connectivity index is 1.75. The van der Waals surface area contributed by atoms with Crippen LogP contribution < -0.4 is 5.32 Å². The molecular weight excluding hydrogens is 320 g/mol. The lowest BCUT2D eigenvalue weighted by atomic mass is 9.79. The number of nitrogens with one attached hydrogen (secondary N) is 1. The SMILES string of the molecule is O=C1Nc2ncnc(Cl)c2C12CC1=C(C=CC([N+](=O)[O-])C=C1)C2. The van der Waals surface area contributed by atoms with Crippen LogP contribution in [0.15, 0.2) is 41.8 Å². The number of amides is 1. The van der Waals surface area contributed by atoms with E-state index in [4.69, 9.17) is 11.6 Å². The summed E-state index contributed by atoms with van der Waals surface area (Å²) in [5.74, 6) is 0.291. The fourth-order valence-corrected chi connectivity index (χ4v) is 3.78. The Labute approximate surface area is 135 Å². The van der Waals surface area contributed by atoms with Gasteiger partial charge in [-0.1, -0.05) is 23.8 Å². The first kappa shape index (κ1) is 14.1. The number of rotatable bonds is 1. The van der Waals surface area contributed by atoms with Crippen LogP contribution in [0.5, 0.6) is 0 Å². The van der Waals surface area contributed by atoms with Crippen LogP contribution in [0.1, 0.15) is 18.4 Å². The van der Waals surface area contributed by atoms with E-state index in [0.29, 0.717) is 24.2 Å². The second-order valence-electron chi connectivity index (χ2n) is 5.82. The molecule has 1 N–H and O–H groups in total. The van der Waals surface area contributed by atoms with Crippen molar-refractivity contribution in [2.24, 2.45) is 0 Å². The van der Waals surface area contributed by atoms with Gasteiger partial charge in [-0.25, -0.2) is 9.97 Å². The monoisotopic (exact) mass is 330 g/mol. The Morgan fingerprint density at radius 3 is 2.52 bits per heavy atom. The van der Waals surface area contributed by atoms with Gasteiger partial charge in [0.05, 0.1) is 5.41 Å². The molecule has 1 aliphatic heterocycles. The summed E-state index contributed by atoms with van der Waals surface area (Å²) in [7, 11) is 0. The zero-order valence-corrected chi connectivity index (χ0v) is 12.6. The summed E-state index contributed by atoms with van der Waals surface area (Å²) in [5.41, 5.74) is 1.61. The molecule has 1 spiro atoms. The van der Waals surface area contributed by atoms with Gasteiger partial charge in [-0.2, -0.15) is 0 Å². The zero-order valence-electron chi connectivity index (χ0n) is 11.8. The highest BCUT2D eigenvalue weighted by molar-refractivity contribution is 6.31. The minimum absolute atomic E-state index is 0.157. The van der Waals surface area contributed by atoms with Crippen molar-refractivity contribution in [3.05, 3.63) is 62.6 Å². The summed E-state index contributed by atoms with van der Waals surface area (Å²) in [6, 6.07) is -0.840. The molecule has 2 heterocycles. The molecule has 8 heteroatoms. The van der Waals surface area contributed by atoms with Gasteiger partial charge < -0.3 is 5.32 Å².